The summed E-state index contributed by atoms with van der Waals surface area (Å²) in [6.07, 6.45) is 5.99. The lowest BCUT2D eigenvalue weighted by Gasteiger charge is -2.35. The molecule has 1 aliphatic carbocycles. The smallest absolute Gasteiger partial charge is 0.312 e. The molecule has 1 aromatic carbocycles. The zero-order chi connectivity index (χ0) is 22.6. The number of rotatable bonds is 4. The number of benzene rings is 1. The minimum atomic E-state index is -0.488. The second-order valence-electron chi connectivity index (χ2n) is 8.94. The lowest BCUT2D eigenvalue weighted by molar-refractivity contribution is -0.146. The fourth-order valence-corrected chi connectivity index (χ4v) is 4.91. The van der Waals surface area contributed by atoms with Crippen molar-refractivity contribution >= 4 is 23.3 Å². The molecule has 2 aromatic heterocycles. The minimum Gasteiger partial charge on any atom is -0.352 e. The van der Waals surface area contributed by atoms with E-state index in [4.69, 9.17) is 0 Å². The minimum absolute atomic E-state index is 0.435. The van der Waals surface area contributed by atoms with E-state index in [9.17, 15) is 9.59 Å². The molecule has 2 fully saturated rings. The van der Waals surface area contributed by atoms with Crippen molar-refractivity contribution in [3.63, 3.8) is 0 Å². The molecule has 0 atom stereocenters. The number of fused-ring (bicyclic) bond motifs is 1. The van der Waals surface area contributed by atoms with Gasteiger partial charge in [-0.25, -0.2) is 0 Å². The average molecular weight is 448 g/mol. The third-order valence-electron chi connectivity index (χ3n) is 6.90. The van der Waals surface area contributed by atoms with Gasteiger partial charge in [0, 0.05) is 32.7 Å². The Balaban J connectivity index is 1.06. The molecule has 9 nitrogen and oxygen atoms in total. The highest BCUT2D eigenvalue weighted by molar-refractivity contribution is 6.35. The van der Waals surface area contributed by atoms with Crippen molar-refractivity contribution in [3.05, 3.63) is 54.4 Å². The number of carbonyl (C=O) groups excluding carboxylic acids is 2. The van der Waals surface area contributed by atoms with E-state index in [2.05, 4.69) is 55.8 Å². The van der Waals surface area contributed by atoms with Crippen molar-refractivity contribution < 1.29 is 9.59 Å². The van der Waals surface area contributed by atoms with Crippen LogP contribution < -0.4 is 10.2 Å². The number of nitrogens with one attached hydrogen (secondary N) is 1. The van der Waals surface area contributed by atoms with Gasteiger partial charge in [0.25, 0.3) is 0 Å². The maximum absolute atomic E-state index is 12.7. The maximum Gasteiger partial charge on any atom is 0.312 e. The van der Waals surface area contributed by atoms with E-state index in [1.165, 1.54) is 5.56 Å². The number of piperazine rings is 1. The van der Waals surface area contributed by atoms with Gasteiger partial charge >= 0.3 is 11.8 Å². The molecule has 1 aliphatic heterocycles. The first-order chi connectivity index (χ1) is 16.2. The summed E-state index contributed by atoms with van der Waals surface area (Å²) in [5.41, 5.74) is 2.10. The molecule has 172 valence electrons. The summed E-state index contributed by atoms with van der Waals surface area (Å²) in [4.78, 5) is 28.9. The first-order valence-electron chi connectivity index (χ1n) is 11.7. The number of amides is 2. The predicted octanol–water partition coefficient (Wildman–Crippen LogP) is 1.86. The van der Waals surface area contributed by atoms with Crippen LogP contribution in [0.3, 0.4) is 0 Å². The van der Waals surface area contributed by atoms with Gasteiger partial charge in [-0.3, -0.25) is 9.59 Å². The van der Waals surface area contributed by atoms with Crippen molar-refractivity contribution in [2.75, 3.05) is 37.6 Å². The van der Waals surface area contributed by atoms with Gasteiger partial charge in [-0.15, -0.1) is 15.3 Å². The van der Waals surface area contributed by atoms with Crippen LogP contribution >= 0.6 is 0 Å². The van der Waals surface area contributed by atoms with E-state index in [-0.39, 0.29) is 0 Å². The van der Waals surface area contributed by atoms with Gasteiger partial charge in [0.2, 0.25) is 0 Å². The van der Waals surface area contributed by atoms with Crippen molar-refractivity contribution in [3.8, 4) is 0 Å². The SMILES string of the molecule is O=C(NCC1CCC(c2ccccc2)CC1)C(=O)N1CCN(c2ccc3nncn3n2)CC1. The van der Waals surface area contributed by atoms with Crippen LogP contribution in [0.2, 0.25) is 0 Å². The van der Waals surface area contributed by atoms with Crippen molar-refractivity contribution in [2.45, 2.75) is 31.6 Å². The zero-order valence-corrected chi connectivity index (χ0v) is 18.6. The van der Waals surface area contributed by atoms with Crippen LogP contribution in [-0.2, 0) is 9.59 Å². The summed E-state index contributed by atoms with van der Waals surface area (Å²) < 4.78 is 1.63. The Hall–Kier alpha value is -3.49. The van der Waals surface area contributed by atoms with Crippen LogP contribution in [-0.4, -0.2) is 69.2 Å². The van der Waals surface area contributed by atoms with Crippen LogP contribution in [0.5, 0.6) is 0 Å². The molecule has 0 spiro atoms. The lowest BCUT2D eigenvalue weighted by atomic mass is 9.79. The second-order valence-corrected chi connectivity index (χ2v) is 8.94. The molecular formula is C24H29N7O2. The predicted molar refractivity (Wildman–Crippen MR) is 124 cm³/mol. The molecular weight excluding hydrogens is 418 g/mol. The Bertz CT molecular complexity index is 1100. The highest BCUT2D eigenvalue weighted by Crippen LogP contribution is 2.35. The van der Waals surface area contributed by atoms with Gasteiger partial charge in [0.05, 0.1) is 0 Å². The number of hydrogen-bond acceptors (Lipinski definition) is 6. The molecule has 0 radical (unpaired) electrons. The van der Waals surface area contributed by atoms with Crippen molar-refractivity contribution in [1.82, 2.24) is 30.0 Å². The van der Waals surface area contributed by atoms with Crippen LogP contribution in [0.25, 0.3) is 5.65 Å². The van der Waals surface area contributed by atoms with Gasteiger partial charge in [0.15, 0.2) is 5.65 Å². The molecule has 0 bridgehead atoms. The van der Waals surface area contributed by atoms with Crippen LogP contribution in [0, 0.1) is 5.92 Å². The van der Waals surface area contributed by atoms with Crippen LogP contribution in [0.4, 0.5) is 5.82 Å². The second kappa shape index (κ2) is 9.56. The van der Waals surface area contributed by atoms with Crippen molar-refractivity contribution in [1.29, 1.82) is 0 Å². The van der Waals surface area contributed by atoms with E-state index in [0.717, 1.165) is 31.5 Å². The average Bonchev–Trinajstić information content (AvgIpc) is 3.36. The van der Waals surface area contributed by atoms with Crippen LogP contribution in [0.1, 0.15) is 37.2 Å². The molecule has 3 heterocycles. The maximum atomic E-state index is 12.7. The summed E-state index contributed by atoms with van der Waals surface area (Å²) in [7, 11) is 0. The normalized spacial score (nSPS) is 21.2. The van der Waals surface area contributed by atoms with Gasteiger partial charge in [0.1, 0.15) is 12.1 Å². The quantitative estimate of drug-likeness (QED) is 0.614. The van der Waals surface area contributed by atoms with Gasteiger partial charge in [-0.2, -0.15) is 4.52 Å². The monoisotopic (exact) mass is 447 g/mol. The molecule has 1 saturated heterocycles. The standard InChI is InChI=1S/C24H29N7O2/c32-23(25-16-18-6-8-20(9-7-18)19-4-2-1-3-5-19)24(33)30-14-12-29(13-15-30)22-11-10-21-27-26-17-31(21)28-22/h1-5,10-11,17-18,20H,6-9,12-16H2,(H,25,32). The highest BCUT2D eigenvalue weighted by atomic mass is 16.2. The number of anilines is 1. The Kier molecular flexibility index (Phi) is 6.19. The largest absolute Gasteiger partial charge is 0.352 e. The van der Waals surface area contributed by atoms with Crippen LogP contribution in [0.15, 0.2) is 48.8 Å². The summed E-state index contributed by atoms with van der Waals surface area (Å²) >= 11 is 0. The summed E-state index contributed by atoms with van der Waals surface area (Å²) in [6.45, 7) is 2.83. The highest BCUT2D eigenvalue weighted by Gasteiger charge is 2.28. The molecule has 1 N–H and O–H groups in total. The van der Waals surface area contributed by atoms with Gasteiger partial charge in [-0.1, -0.05) is 30.3 Å². The Morgan fingerprint density at radius 2 is 1.70 bits per heavy atom. The summed E-state index contributed by atoms with van der Waals surface area (Å²) in [5, 5.41) is 15.2. The molecule has 1 saturated carbocycles. The molecule has 0 unspecified atom stereocenters. The summed E-state index contributed by atoms with van der Waals surface area (Å²) in [6, 6.07) is 14.4. The van der Waals surface area contributed by atoms with E-state index >= 15 is 0 Å². The Morgan fingerprint density at radius 3 is 2.45 bits per heavy atom. The fraction of sp³-hybridized carbons (Fsp3) is 0.458. The van der Waals surface area contributed by atoms with Gasteiger partial charge in [-0.05, 0) is 55.2 Å². The first kappa shape index (κ1) is 21.4. The van der Waals surface area contributed by atoms with Crippen molar-refractivity contribution in [2.24, 2.45) is 5.92 Å². The molecule has 2 amide bonds. The number of aromatic nitrogens is 4. The van der Waals surface area contributed by atoms with E-state index in [1.807, 2.05) is 12.1 Å². The molecule has 5 rings (SSSR count). The number of carbonyl (C=O) groups is 2. The molecule has 2 aliphatic rings. The van der Waals surface area contributed by atoms with E-state index < -0.39 is 11.8 Å². The number of nitrogens with zero attached hydrogens (tertiary/aromatic N) is 6. The molecule has 3 aromatic rings. The lowest BCUT2D eigenvalue weighted by Crippen LogP contribution is -2.53. The summed E-state index contributed by atoms with van der Waals surface area (Å²) in [5.74, 6) is 0.936. The Morgan fingerprint density at radius 1 is 0.939 bits per heavy atom. The molecule has 33 heavy (non-hydrogen) atoms. The number of hydrogen-bond donors (Lipinski definition) is 1. The Labute approximate surface area is 192 Å². The van der Waals surface area contributed by atoms with E-state index in [1.54, 1.807) is 15.7 Å². The zero-order valence-electron chi connectivity index (χ0n) is 18.6. The third kappa shape index (κ3) is 4.81. The molecule has 9 heteroatoms. The van der Waals surface area contributed by atoms with E-state index in [0.29, 0.717) is 50.2 Å². The first-order valence-corrected chi connectivity index (χ1v) is 11.7. The topological polar surface area (TPSA) is 95.7 Å². The fourth-order valence-electron chi connectivity index (χ4n) is 4.91. The van der Waals surface area contributed by atoms with Gasteiger partial charge < -0.3 is 15.1 Å². The third-order valence-corrected chi connectivity index (χ3v) is 6.90.